The minimum atomic E-state index is -0.0217. The fourth-order valence-corrected chi connectivity index (χ4v) is 1.98. The van der Waals surface area contributed by atoms with Crippen molar-refractivity contribution in [3.63, 3.8) is 0 Å². The van der Waals surface area contributed by atoms with Gasteiger partial charge in [-0.25, -0.2) is 0 Å². The van der Waals surface area contributed by atoms with Crippen LogP contribution in [0.4, 0.5) is 0 Å². The summed E-state index contributed by atoms with van der Waals surface area (Å²) in [6.07, 6.45) is 1.57. The van der Waals surface area contributed by atoms with Gasteiger partial charge in [-0.3, -0.25) is 9.59 Å². The molecule has 23 heavy (non-hydrogen) atoms. The first kappa shape index (κ1) is 19.0. The van der Waals surface area contributed by atoms with Gasteiger partial charge in [0.25, 0.3) is 0 Å². The topological polar surface area (TPSA) is 67.4 Å². The standard InChI is InChI=1S/C18H28N2O3/c1-18(2,3)14-17(22)20-12-11-19-16(21)10-7-13-23-15-8-5-4-6-9-15/h4-6,8-9H,7,10-14H2,1-3H3,(H,19,21)(H,20,22). The first-order valence-corrected chi connectivity index (χ1v) is 8.08. The second-order valence-corrected chi connectivity index (χ2v) is 6.70. The molecule has 0 spiro atoms. The molecule has 2 amide bonds. The second-order valence-electron chi connectivity index (χ2n) is 6.70. The Hall–Kier alpha value is -2.04. The average Bonchev–Trinajstić information content (AvgIpc) is 2.47. The first-order valence-electron chi connectivity index (χ1n) is 8.08. The van der Waals surface area contributed by atoms with Gasteiger partial charge in [0.1, 0.15) is 5.75 Å². The molecule has 0 aliphatic heterocycles. The molecule has 0 unspecified atom stereocenters. The van der Waals surface area contributed by atoms with Gasteiger partial charge in [-0.05, 0) is 24.0 Å². The zero-order valence-electron chi connectivity index (χ0n) is 14.4. The normalized spacial score (nSPS) is 10.9. The molecule has 128 valence electrons. The summed E-state index contributed by atoms with van der Waals surface area (Å²) < 4.78 is 5.52. The van der Waals surface area contributed by atoms with Crippen LogP contribution in [0.2, 0.25) is 0 Å². The van der Waals surface area contributed by atoms with E-state index in [1.54, 1.807) is 0 Å². The summed E-state index contributed by atoms with van der Waals surface area (Å²) in [5.74, 6) is 0.809. The van der Waals surface area contributed by atoms with Gasteiger partial charge in [0.05, 0.1) is 6.61 Å². The Balaban J connectivity index is 2.01. The smallest absolute Gasteiger partial charge is 0.220 e. The highest BCUT2D eigenvalue weighted by Crippen LogP contribution is 2.17. The van der Waals surface area contributed by atoms with E-state index in [0.29, 0.717) is 39.0 Å². The van der Waals surface area contributed by atoms with Gasteiger partial charge in [-0.15, -0.1) is 0 Å². The van der Waals surface area contributed by atoms with Crippen molar-refractivity contribution in [3.8, 4) is 5.75 Å². The van der Waals surface area contributed by atoms with Crippen molar-refractivity contribution in [2.75, 3.05) is 19.7 Å². The maximum absolute atomic E-state index is 11.6. The Bertz CT molecular complexity index is 481. The fourth-order valence-electron chi connectivity index (χ4n) is 1.98. The van der Waals surface area contributed by atoms with Gasteiger partial charge in [-0.2, -0.15) is 0 Å². The molecule has 0 aromatic heterocycles. The molecular weight excluding hydrogens is 292 g/mol. The number of carbonyl (C=O) groups is 2. The van der Waals surface area contributed by atoms with Gasteiger partial charge in [-0.1, -0.05) is 39.0 Å². The van der Waals surface area contributed by atoms with E-state index in [1.165, 1.54) is 0 Å². The third-order valence-corrected chi connectivity index (χ3v) is 3.02. The second kappa shape index (κ2) is 9.87. The van der Waals surface area contributed by atoms with Gasteiger partial charge in [0, 0.05) is 25.9 Å². The molecule has 1 aromatic carbocycles. The molecule has 0 fully saturated rings. The van der Waals surface area contributed by atoms with Crippen molar-refractivity contribution in [1.82, 2.24) is 10.6 Å². The number of para-hydroxylation sites is 1. The molecular formula is C18H28N2O3. The predicted octanol–water partition coefficient (Wildman–Crippen LogP) is 2.51. The highest BCUT2D eigenvalue weighted by Gasteiger charge is 2.15. The molecule has 5 heteroatoms. The Morgan fingerprint density at radius 3 is 2.22 bits per heavy atom. The van der Waals surface area contributed by atoms with Crippen molar-refractivity contribution in [2.24, 2.45) is 5.41 Å². The third kappa shape index (κ3) is 10.3. The minimum absolute atomic E-state index is 0.0167. The average molecular weight is 320 g/mol. The number of hydrogen-bond acceptors (Lipinski definition) is 3. The van der Waals surface area contributed by atoms with E-state index in [-0.39, 0.29) is 17.2 Å². The summed E-state index contributed by atoms with van der Waals surface area (Å²) in [6, 6.07) is 9.53. The largest absolute Gasteiger partial charge is 0.494 e. The molecule has 0 atom stereocenters. The van der Waals surface area contributed by atoms with Gasteiger partial charge in [0.15, 0.2) is 0 Å². The van der Waals surface area contributed by atoms with E-state index in [4.69, 9.17) is 4.74 Å². The number of rotatable bonds is 9. The van der Waals surface area contributed by atoms with E-state index in [1.807, 2.05) is 51.1 Å². The van der Waals surface area contributed by atoms with Crippen LogP contribution < -0.4 is 15.4 Å². The zero-order valence-corrected chi connectivity index (χ0v) is 14.4. The monoisotopic (exact) mass is 320 g/mol. The molecule has 0 aliphatic rings. The molecule has 5 nitrogen and oxygen atoms in total. The van der Waals surface area contributed by atoms with Crippen LogP contribution in [0.25, 0.3) is 0 Å². The maximum Gasteiger partial charge on any atom is 0.220 e. The molecule has 0 aliphatic carbocycles. The Kier molecular flexibility index (Phi) is 8.16. The van der Waals surface area contributed by atoms with Crippen LogP contribution in [0, 0.1) is 5.41 Å². The summed E-state index contributed by atoms with van der Waals surface area (Å²) in [5, 5.41) is 5.60. The summed E-state index contributed by atoms with van der Waals surface area (Å²) in [4.78, 5) is 23.3. The Labute approximate surface area is 138 Å². The molecule has 0 radical (unpaired) electrons. The highest BCUT2D eigenvalue weighted by atomic mass is 16.5. The maximum atomic E-state index is 11.6. The molecule has 0 saturated carbocycles. The third-order valence-electron chi connectivity index (χ3n) is 3.02. The number of ether oxygens (including phenoxy) is 1. The van der Waals surface area contributed by atoms with Crippen LogP contribution in [0.3, 0.4) is 0 Å². The number of benzene rings is 1. The lowest BCUT2D eigenvalue weighted by atomic mass is 9.92. The molecule has 0 saturated heterocycles. The van der Waals surface area contributed by atoms with Crippen LogP contribution in [0.15, 0.2) is 30.3 Å². The molecule has 1 aromatic rings. The zero-order chi connectivity index (χ0) is 17.1. The highest BCUT2D eigenvalue weighted by molar-refractivity contribution is 5.77. The summed E-state index contributed by atoms with van der Waals surface area (Å²) in [5.41, 5.74) is -0.0217. The van der Waals surface area contributed by atoms with Gasteiger partial charge in [0.2, 0.25) is 11.8 Å². The van der Waals surface area contributed by atoms with E-state index >= 15 is 0 Å². The van der Waals surface area contributed by atoms with Crippen molar-refractivity contribution in [2.45, 2.75) is 40.0 Å². The van der Waals surface area contributed by atoms with E-state index < -0.39 is 0 Å². The van der Waals surface area contributed by atoms with Crippen LogP contribution in [-0.2, 0) is 9.59 Å². The molecule has 1 rings (SSSR count). The van der Waals surface area contributed by atoms with Crippen molar-refractivity contribution >= 4 is 11.8 Å². The minimum Gasteiger partial charge on any atom is -0.494 e. The molecule has 0 heterocycles. The lowest BCUT2D eigenvalue weighted by Gasteiger charge is -2.17. The number of amides is 2. The summed E-state index contributed by atoms with van der Waals surface area (Å²) in [7, 11) is 0. The number of nitrogens with one attached hydrogen (secondary N) is 2. The van der Waals surface area contributed by atoms with Crippen molar-refractivity contribution in [3.05, 3.63) is 30.3 Å². The van der Waals surface area contributed by atoms with E-state index in [0.717, 1.165) is 5.75 Å². The van der Waals surface area contributed by atoms with Crippen LogP contribution in [0.5, 0.6) is 5.75 Å². The Morgan fingerprint density at radius 2 is 1.61 bits per heavy atom. The van der Waals surface area contributed by atoms with Crippen LogP contribution in [0.1, 0.15) is 40.0 Å². The first-order chi connectivity index (χ1) is 10.9. The summed E-state index contributed by atoms with van der Waals surface area (Å²) in [6.45, 7) is 7.48. The van der Waals surface area contributed by atoms with Crippen molar-refractivity contribution < 1.29 is 14.3 Å². The lowest BCUT2D eigenvalue weighted by Crippen LogP contribution is -2.35. The van der Waals surface area contributed by atoms with Crippen LogP contribution >= 0.6 is 0 Å². The van der Waals surface area contributed by atoms with E-state index in [2.05, 4.69) is 10.6 Å². The SMILES string of the molecule is CC(C)(C)CC(=O)NCCNC(=O)CCCOc1ccccc1. The van der Waals surface area contributed by atoms with E-state index in [9.17, 15) is 9.59 Å². The molecule has 2 N–H and O–H groups in total. The van der Waals surface area contributed by atoms with Crippen LogP contribution in [-0.4, -0.2) is 31.5 Å². The molecule has 0 bridgehead atoms. The predicted molar refractivity (Wildman–Crippen MR) is 91.3 cm³/mol. The quantitative estimate of drug-likeness (QED) is 0.687. The fraction of sp³-hybridized carbons (Fsp3) is 0.556. The Morgan fingerprint density at radius 1 is 1.00 bits per heavy atom. The number of hydrogen-bond donors (Lipinski definition) is 2. The number of carbonyl (C=O) groups excluding carboxylic acids is 2. The van der Waals surface area contributed by atoms with Gasteiger partial charge < -0.3 is 15.4 Å². The van der Waals surface area contributed by atoms with Gasteiger partial charge >= 0.3 is 0 Å². The lowest BCUT2D eigenvalue weighted by molar-refractivity contribution is -0.124. The van der Waals surface area contributed by atoms with Crippen molar-refractivity contribution in [1.29, 1.82) is 0 Å². The summed E-state index contributed by atoms with van der Waals surface area (Å²) >= 11 is 0.